The van der Waals surface area contributed by atoms with Crippen molar-refractivity contribution in [3.63, 3.8) is 0 Å². The fourth-order valence-corrected chi connectivity index (χ4v) is 4.73. The van der Waals surface area contributed by atoms with Crippen LogP contribution >= 0.6 is 33.9 Å². The van der Waals surface area contributed by atoms with Gasteiger partial charge in [0.15, 0.2) is 0 Å². The van der Waals surface area contributed by atoms with Gasteiger partial charge in [-0.05, 0) is 80.3 Å². The molecule has 0 amide bonds. The number of hydrogen-bond acceptors (Lipinski definition) is 3. The van der Waals surface area contributed by atoms with E-state index in [0.717, 1.165) is 13.0 Å². The monoisotopic (exact) mass is 393 g/mol. The Kier molecular flexibility index (Phi) is 4.65. The normalized spacial score (nSPS) is 26.5. The summed E-state index contributed by atoms with van der Waals surface area (Å²) in [6.45, 7) is 12.0. The minimum absolute atomic E-state index is 0.0228. The molecule has 2 rings (SSSR count). The van der Waals surface area contributed by atoms with Crippen molar-refractivity contribution in [1.29, 1.82) is 0 Å². The second-order valence-corrected chi connectivity index (χ2v) is 9.30. The van der Waals surface area contributed by atoms with Gasteiger partial charge in [0, 0.05) is 12.0 Å². The highest BCUT2D eigenvalue weighted by Gasteiger charge is 2.49. The Morgan fingerprint density at radius 2 is 2.16 bits per heavy atom. The lowest BCUT2D eigenvalue weighted by Crippen LogP contribution is -2.38. The van der Waals surface area contributed by atoms with E-state index in [1.165, 1.54) is 8.45 Å². The molecule has 0 aromatic carbocycles. The van der Waals surface area contributed by atoms with Crippen molar-refractivity contribution in [2.75, 3.05) is 6.54 Å². The Hall–Kier alpha value is 0.350. The maximum atomic E-state index is 6.27. The lowest BCUT2D eigenvalue weighted by atomic mass is 9.79. The summed E-state index contributed by atoms with van der Waals surface area (Å²) in [5.41, 5.74) is 1.31. The first kappa shape index (κ1) is 15.7. The molecule has 0 radical (unpaired) electrons. The van der Waals surface area contributed by atoms with Crippen LogP contribution < -0.4 is 5.32 Å². The SMILES string of the molecule is CCNC(c1csc(I)c1)C1CC(C)(C)OC1(C)C. The molecule has 108 valence electrons. The summed E-state index contributed by atoms with van der Waals surface area (Å²) >= 11 is 4.22. The van der Waals surface area contributed by atoms with Gasteiger partial charge in [0.05, 0.1) is 14.1 Å². The van der Waals surface area contributed by atoms with Gasteiger partial charge < -0.3 is 10.1 Å². The second-order valence-electron chi connectivity index (χ2n) is 6.50. The number of hydrogen-bond donors (Lipinski definition) is 1. The van der Waals surface area contributed by atoms with Gasteiger partial charge in [-0.3, -0.25) is 0 Å². The summed E-state index contributed by atoms with van der Waals surface area (Å²) in [6.07, 6.45) is 1.10. The average Bonchev–Trinajstić information content (AvgIpc) is 2.76. The Bertz CT molecular complexity index is 441. The second kappa shape index (κ2) is 5.62. The highest BCUT2D eigenvalue weighted by molar-refractivity contribution is 14.1. The quantitative estimate of drug-likeness (QED) is 0.756. The van der Waals surface area contributed by atoms with Gasteiger partial charge in [0.2, 0.25) is 0 Å². The molecule has 2 unspecified atom stereocenters. The molecule has 2 atom stereocenters. The summed E-state index contributed by atoms with van der Waals surface area (Å²) in [5.74, 6) is 0.507. The molecule has 1 aromatic heterocycles. The lowest BCUT2D eigenvalue weighted by molar-refractivity contribution is -0.0778. The standard InChI is InChI=1S/C15H24INOS/c1-6-17-13(10-7-12(16)19-9-10)11-8-14(2,3)18-15(11,4)5/h7,9,11,13,17H,6,8H2,1-5H3. The molecule has 0 bridgehead atoms. The fourth-order valence-electron chi connectivity index (χ4n) is 3.32. The van der Waals surface area contributed by atoms with Crippen molar-refractivity contribution < 1.29 is 4.74 Å². The first-order valence-corrected chi connectivity index (χ1v) is 8.88. The molecule has 1 saturated heterocycles. The number of thiophene rings is 1. The molecule has 4 heteroatoms. The van der Waals surface area contributed by atoms with Crippen LogP contribution in [0.25, 0.3) is 0 Å². The molecular weight excluding hydrogens is 369 g/mol. The Morgan fingerprint density at radius 3 is 2.58 bits per heavy atom. The summed E-state index contributed by atoms with van der Waals surface area (Å²) in [6, 6.07) is 2.70. The Balaban J connectivity index is 2.29. The first-order chi connectivity index (χ1) is 8.75. The third kappa shape index (κ3) is 3.52. The molecule has 2 heterocycles. The predicted octanol–water partition coefficient (Wildman–Crippen LogP) is 4.60. The van der Waals surface area contributed by atoms with E-state index in [9.17, 15) is 0 Å². The van der Waals surface area contributed by atoms with E-state index < -0.39 is 0 Å². The largest absolute Gasteiger partial charge is 0.369 e. The van der Waals surface area contributed by atoms with Gasteiger partial charge in [-0.15, -0.1) is 11.3 Å². The number of halogens is 1. The van der Waals surface area contributed by atoms with E-state index in [4.69, 9.17) is 4.74 Å². The zero-order valence-electron chi connectivity index (χ0n) is 12.4. The number of nitrogens with one attached hydrogen (secondary N) is 1. The van der Waals surface area contributed by atoms with E-state index in [0.29, 0.717) is 12.0 Å². The van der Waals surface area contributed by atoms with Crippen LogP contribution in [0.5, 0.6) is 0 Å². The molecule has 0 spiro atoms. The fraction of sp³-hybridized carbons (Fsp3) is 0.733. The summed E-state index contributed by atoms with van der Waals surface area (Å²) in [4.78, 5) is 0. The van der Waals surface area contributed by atoms with Crippen molar-refractivity contribution in [3.05, 3.63) is 19.9 Å². The van der Waals surface area contributed by atoms with Gasteiger partial charge in [-0.1, -0.05) is 6.92 Å². The van der Waals surface area contributed by atoms with Crippen molar-refractivity contribution in [3.8, 4) is 0 Å². The van der Waals surface area contributed by atoms with Crippen LogP contribution in [-0.4, -0.2) is 17.7 Å². The molecule has 0 saturated carbocycles. The summed E-state index contributed by atoms with van der Waals surface area (Å²) in [7, 11) is 0. The smallest absolute Gasteiger partial charge is 0.0681 e. The van der Waals surface area contributed by atoms with Crippen LogP contribution in [0.3, 0.4) is 0 Å². The van der Waals surface area contributed by atoms with Gasteiger partial charge in [0.1, 0.15) is 0 Å². The lowest BCUT2D eigenvalue weighted by Gasteiger charge is -2.33. The molecular formula is C15H24INOS. The highest BCUT2D eigenvalue weighted by Crippen LogP contribution is 2.48. The van der Waals surface area contributed by atoms with Gasteiger partial charge in [0.25, 0.3) is 0 Å². The van der Waals surface area contributed by atoms with E-state index in [1.807, 2.05) is 11.3 Å². The van der Waals surface area contributed by atoms with Crippen LogP contribution in [0.4, 0.5) is 0 Å². The third-order valence-electron chi connectivity index (χ3n) is 3.92. The maximum absolute atomic E-state index is 6.27. The van der Waals surface area contributed by atoms with Gasteiger partial charge in [-0.2, -0.15) is 0 Å². The maximum Gasteiger partial charge on any atom is 0.0681 e. The molecule has 1 aliphatic rings. The minimum atomic E-state index is -0.0797. The molecule has 1 aliphatic heterocycles. The van der Waals surface area contributed by atoms with Crippen molar-refractivity contribution in [2.45, 2.75) is 58.3 Å². The predicted molar refractivity (Wildman–Crippen MR) is 90.8 cm³/mol. The number of ether oxygens (including phenoxy) is 1. The van der Waals surface area contributed by atoms with Crippen molar-refractivity contribution in [1.82, 2.24) is 5.32 Å². The van der Waals surface area contributed by atoms with Crippen molar-refractivity contribution >= 4 is 33.9 Å². The first-order valence-electron chi connectivity index (χ1n) is 6.92. The molecule has 1 N–H and O–H groups in total. The zero-order valence-corrected chi connectivity index (χ0v) is 15.4. The average molecular weight is 393 g/mol. The molecule has 2 nitrogen and oxygen atoms in total. The molecule has 1 aromatic rings. The minimum Gasteiger partial charge on any atom is -0.369 e. The van der Waals surface area contributed by atoms with E-state index >= 15 is 0 Å². The van der Waals surface area contributed by atoms with Gasteiger partial charge in [-0.25, -0.2) is 0 Å². The van der Waals surface area contributed by atoms with E-state index in [-0.39, 0.29) is 11.2 Å². The van der Waals surface area contributed by atoms with Crippen LogP contribution in [0, 0.1) is 8.80 Å². The molecule has 19 heavy (non-hydrogen) atoms. The van der Waals surface area contributed by atoms with Crippen LogP contribution in [0.15, 0.2) is 11.4 Å². The molecule has 1 fully saturated rings. The van der Waals surface area contributed by atoms with Crippen LogP contribution in [0.2, 0.25) is 0 Å². The molecule has 0 aliphatic carbocycles. The van der Waals surface area contributed by atoms with Crippen LogP contribution in [-0.2, 0) is 4.74 Å². The Labute approximate surface area is 134 Å². The summed E-state index contributed by atoms with van der Waals surface area (Å²) < 4.78 is 7.62. The van der Waals surface area contributed by atoms with E-state index in [2.05, 4.69) is 74.0 Å². The third-order valence-corrected chi connectivity index (χ3v) is 5.72. The topological polar surface area (TPSA) is 21.3 Å². The summed E-state index contributed by atoms with van der Waals surface area (Å²) in [5, 5.41) is 5.96. The van der Waals surface area contributed by atoms with Crippen LogP contribution in [0.1, 0.15) is 52.6 Å². The van der Waals surface area contributed by atoms with E-state index in [1.54, 1.807) is 0 Å². The zero-order chi connectivity index (χ0) is 14.3. The van der Waals surface area contributed by atoms with Crippen molar-refractivity contribution in [2.24, 2.45) is 5.92 Å². The Morgan fingerprint density at radius 1 is 1.47 bits per heavy atom. The highest BCUT2D eigenvalue weighted by atomic mass is 127. The number of rotatable bonds is 4. The van der Waals surface area contributed by atoms with Gasteiger partial charge >= 0.3 is 0 Å².